The molecule has 0 aliphatic heterocycles. The molecule has 0 rings (SSSR count). The quantitative estimate of drug-likeness (QED) is 0.627. The predicted molar refractivity (Wildman–Crippen MR) is 60.9 cm³/mol. The molecule has 102 valence electrons. The van der Waals surface area contributed by atoms with Crippen molar-refractivity contribution in [3.63, 3.8) is 0 Å². The number of carbonyl (C=O) groups excluding carboxylic acids is 1. The van der Waals surface area contributed by atoms with E-state index in [-0.39, 0.29) is 17.9 Å². The molecule has 0 heterocycles. The smallest absolute Gasteiger partial charge is 0.395 e. The lowest BCUT2D eigenvalue weighted by Gasteiger charge is -2.21. The number of alkyl halides is 3. The fourth-order valence-corrected chi connectivity index (χ4v) is 1.78. The van der Waals surface area contributed by atoms with E-state index in [4.69, 9.17) is 5.11 Å². The highest BCUT2D eigenvalue weighted by molar-refractivity contribution is 7.99. The number of hydrogen-bond acceptors (Lipinski definition) is 4. The number of hydrogen-bond donors (Lipinski definition) is 3. The number of thioether (sulfide) groups is 1. The van der Waals surface area contributed by atoms with Crippen molar-refractivity contribution in [3.05, 3.63) is 0 Å². The summed E-state index contributed by atoms with van der Waals surface area (Å²) in [6.07, 6.45) is -2.54. The summed E-state index contributed by atoms with van der Waals surface area (Å²) in [6.45, 7) is 0.00871. The Kier molecular flexibility index (Phi) is 7.56. The Hall–Kier alpha value is -0.470. The first kappa shape index (κ1) is 16.5. The number of carbonyl (C=O) groups is 1. The first-order chi connectivity index (χ1) is 7.80. The van der Waals surface area contributed by atoms with Crippen LogP contribution in [0.3, 0.4) is 0 Å². The van der Waals surface area contributed by atoms with Gasteiger partial charge in [-0.15, -0.1) is 0 Å². The zero-order valence-electron chi connectivity index (χ0n) is 9.67. The van der Waals surface area contributed by atoms with E-state index in [1.54, 1.807) is 13.2 Å². The monoisotopic (exact) mass is 274 g/mol. The van der Waals surface area contributed by atoms with Crippen LogP contribution in [0.4, 0.5) is 13.2 Å². The number of halogens is 3. The van der Waals surface area contributed by atoms with Crippen molar-refractivity contribution in [1.29, 1.82) is 0 Å². The van der Waals surface area contributed by atoms with Gasteiger partial charge in [-0.1, -0.05) is 0 Å². The van der Waals surface area contributed by atoms with E-state index in [1.165, 1.54) is 11.8 Å². The molecule has 2 unspecified atom stereocenters. The largest absolute Gasteiger partial charge is 0.401 e. The molecule has 17 heavy (non-hydrogen) atoms. The summed E-state index contributed by atoms with van der Waals surface area (Å²) in [7, 11) is 0. The van der Waals surface area contributed by atoms with E-state index >= 15 is 0 Å². The van der Waals surface area contributed by atoms with Crippen LogP contribution < -0.4 is 10.6 Å². The average molecular weight is 274 g/mol. The van der Waals surface area contributed by atoms with E-state index < -0.39 is 25.2 Å². The maximum absolute atomic E-state index is 11.8. The van der Waals surface area contributed by atoms with Gasteiger partial charge in [-0.05, 0) is 13.2 Å². The maximum atomic E-state index is 11.8. The molecule has 0 radical (unpaired) electrons. The number of nitrogens with one attached hydrogen (secondary N) is 2. The standard InChI is InChI=1S/C9H17F3N2O2S/c1-6(7(4-15)17-2)14-8(16)3-13-5-9(10,11)12/h6-7,13,15H,3-5H2,1-2H3,(H,14,16). The van der Waals surface area contributed by atoms with Crippen molar-refractivity contribution in [1.82, 2.24) is 10.6 Å². The third-order valence-corrected chi connectivity index (χ3v) is 3.20. The molecule has 0 saturated carbocycles. The predicted octanol–water partition coefficient (Wildman–Crippen LogP) is 0.367. The highest BCUT2D eigenvalue weighted by atomic mass is 32.2. The molecule has 4 nitrogen and oxygen atoms in total. The molecule has 0 aromatic rings. The van der Waals surface area contributed by atoms with Crippen LogP contribution in [0.25, 0.3) is 0 Å². The molecule has 0 spiro atoms. The first-order valence-corrected chi connectivity index (χ1v) is 6.29. The third kappa shape index (κ3) is 8.28. The molecular formula is C9H17F3N2O2S. The Morgan fingerprint density at radius 1 is 1.47 bits per heavy atom. The summed E-state index contributed by atoms with van der Waals surface area (Å²) < 4.78 is 35.3. The minimum atomic E-state index is -4.32. The van der Waals surface area contributed by atoms with Crippen molar-refractivity contribution in [2.45, 2.75) is 24.4 Å². The molecule has 0 fully saturated rings. The second-order valence-corrected chi connectivity index (χ2v) is 4.61. The van der Waals surface area contributed by atoms with Gasteiger partial charge in [-0.2, -0.15) is 24.9 Å². The number of amides is 1. The van der Waals surface area contributed by atoms with Gasteiger partial charge in [-0.25, -0.2) is 0 Å². The van der Waals surface area contributed by atoms with Gasteiger partial charge >= 0.3 is 6.18 Å². The van der Waals surface area contributed by atoms with Gasteiger partial charge in [0.1, 0.15) is 0 Å². The molecule has 3 N–H and O–H groups in total. The normalized spacial score (nSPS) is 15.4. The van der Waals surface area contributed by atoms with Crippen LogP contribution in [0.2, 0.25) is 0 Å². The first-order valence-electron chi connectivity index (χ1n) is 5.00. The van der Waals surface area contributed by atoms with Gasteiger partial charge in [-0.3, -0.25) is 4.79 Å². The lowest BCUT2D eigenvalue weighted by Crippen LogP contribution is -2.45. The zero-order valence-corrected chi connectivity index (χ0v) is 10.5. The van der Waals surface area contributed by atoms with E-state index in [1.807, 2.05) is 5.32 Å². The second-order valence-electron chi connectivity index (χ2n) is 3.53. The summed E-state index contributed by atoms with van der Waals surface area (Å²) in [5.74, 6) is -0.519. The van der Waals surface area contributed by atoms with Crippen molar-refractivity contribution in [2.24, 2.45) is 0 Å². The molecule has 1 amide bonds. The van der Waals surface area contributed by atoms with Crippen molar-refractivity contribution in [2.75, 3.05) is 26.0 Å². The van der Waals surface area contributed by atoms with Crippen LogP contribution in [0.15, 0.2) is 0 Å². The second kappa shape index (κ2) is 7.78. The van der Waals surface area contributed by atoms with E-state index in [2.05, 4.69) is 5.32 Å². The summed E-state index contributed by atoms with van der Waals surface area (Å²) in [6, 6.07) is -0.296. The highest BCUT2D eigenvalue weighted by Gasteiger charge is 2.26. The molecule has 0 aromatic heterocycles. The minimum absolute atomic E-state index is 0.0986. The Balaban J connectivity index is 3.86. The van der Waals surface area contributed by atoms with Crippen LogP contribution in [0.1, 0.15) is 6.92 Å². The average Bonchev–Trinajstić information content (AvgIpc) is 2.17. The maximum Gasteiger partial charge on any atom is 0.401 e. The fourth-order valence-electron chi connectivity index (χ4n) is 1.15. The van der Waals surface area contributed by atoms with Gasteiger partial charge in [0, 0.05) is 11.3 Å². The topological polar surface area (TPSA) is 61.4 Å². The van der Waals surface area contributed by atoms with Crippen LogP contribution in [0, 0.1) is 0 Å². The Labute approximate surface area is 102 Å². The summed E-state index contributed by atoms with van der Waals surface area (Å²) in [5.41, 5.74) is 0. The van der Waals surface area contributed by atoms with Gasteiger partial charge in [0.15, 0.2) is 0 Å². The molecule has 8 heteroatoms. The molecule has 2 atom stereocenters. The lowest BCUT2D eigenvalue weighted by atomic mass is 10.2. The van der Waals surface area contributed by atoms with Crippen LogP contribution in [-0.4, -0.2) is 54.4 Å². The van der Waals surface area contributed by atoms with E-state index in [0.717, 1.165) is 0 Å². The Morgan fingerprint density at radius 3 is 2.47 bits per heavy atom. The zero-order chi connectivity index (χ0) is 13.5. The minimum Gasteiger partial charge on any atom is -0.395 e. The van der Waals surface area contributed by atoms with Crippen LogP contribution >= 0.6 is 11.8 Å². The van der Waals surface area contributed by atoms with Crippen molar-refractivity contribution in [3.8, 4) is 0 Å². The van der Waals surface area contributed by atoms with Gasteiger partial charge in [0.25, 0.3) is 0 Å². The SMILES string of the molecule is CSC(CO)C(C)NC(=O)CNCC(F)(F)F. The molecule has 0 bridgehead atoms. The Bertz CT molecular complexity index is 235. The van der Waals surface area contributed by atoms with Crippen molar-refractivity contribution >= 4 is 17.7 Å². The number of rotatable bonds is 7. The van der Waals surface area contributed by atoms with Crippen LogP contribution in [0.5, 0.6) is 0 Å². The summed E-state index contributed by atoms with van der Waals surface area (Å²) in [4.78, 5) is 11.2. The van der Waals surface area contributed by atoms with Crippen molar-refractivity contribution < 1.29 is 23.1 Å². The molecule has 0 aromatic carbocycles. The number of aliphatic hydroxyl groups is 1. The van der Waals surface area contributed by atoms with E-state index in [0.29, 0.717) is 0 Å². The van der Waals surface area contributed by atoms with Gasteiger partial charge in [0.05, 0.1) is 19.7 Å². The molecule has 0 saturated heterocycles. The van der Waals surface area contributed by atoms with Crippen LogP contribution in [-0.2, 0) is 4.79 Å². The van der Waals surface area contributed by atoms with Gasteiger partial charge in [0.2, 0.25) is 5.91 Å². The Morgan fingerprint density at radius 2 is 2.06 bits per heavy atom. The third-order valence-electron chi connectivity index (χ3n) is 2.04. The molecular weight excluding hydrogens is 257 g/mol. The lowest BCUT2D eigenvalue weighted by molar-refractivity contribution is -0.128. The molecule has 0 aliphatic carbocycles. The number of aliphatic hydroxyl groups excluding tert-OH is 1. The fraction of sp³-hybridized carbons (Fsp3) is 0.889. The summed E-state index contributed by atoms with van der Waals surface area (Å²) >= 11 is 1.38. The summed E-state index contributed by atoms with van der Waals surface area (Å²) in [5, 5.41) is 13.3. The molecule has 0 aliphatic rings. The highest BCUT2D eigenvalue weighted by Crippen LogP contribution is 2.12. The van der Waals surface area contributed by atoms with Gasteiger partial charge < -0.3 is 15.7 Å². The van der Waals surface area contributed by atoms with E-state index in [9.17, 15) is 18.0 Å².